The van der Waals surface area contributed by atoms with Crippen molar-refractivity contribution in [1.82, 2.24) is 0 Å². The van der Waals surface area contributed by atoms with Crippen molar-refractivity contribution in [2.45, 2.75) is 33.1 Å². The molecule has 0 amide bonds. The lowest BCUT2D eigenvalue weighted by atomic mass is 9.97. The Balaban J connectivity index is 3.65. The van der Waals surface area contributed by atoms with Crippen LogP contribution in [0, 0.1) is 5.92 Å². The summed E-state index contributed by atoms with van der Waals surface area (Å²) in [6, 6.07) is 0. The van der Waals surface area contributed by atoms with Gasteiger partial charge in [0.25, 0.3) is 0 Å². The van der Waals surface area contributed by atoms with Gasteiger partial charge in [-0.1, -0.05) is 29.8 Å². The molecule has 0 aromatic rings. The molecule has 0 bridgehead atoms. The Bertz CT molecular complexity index is 97.4. The fourth-order valence-electron chi connectivity index (χ4n) is 1.04. The van der Waals surface area contributed by atoms with E-state index in [1.165, 1.54) is 0 Å². The molecule has 0 saturated carbocycles. The summed E-state index contributed by atoms with van der Waals surface area (Å²) in [6.45, 7) is 4.14. The third-order valence-corrected chi connectivity index (χ3v) is 2.18. The monoisotopic (exact) mass is 206 g/mol. The van der Waals surface area contributed by atoms with Crippen molar-refractivity contribution in [1.29, 1.82) is 0 Å². The summed E-state index contributed by atoms with van der Waals surface area (Å²) >= 11 is 3.26. The van der Waals surface area contributed by atoms with Crippen LogP contribution in [0.3, 0.4) is 0 Å². The molecule has 0 saturated heterocycles. The minimum absolute atomic E-state index is 0.303. The highest BCUT2D eigenvalue weighted by atomic mass is 79.9. The Labute approximate surface area is 71.3 Å². The summed E-state index contributed by atoms with van der Waals surface area (Å²) in [5, 5.41) is 0.808. The van der Waals surface area contributed by atoms with E-state index in [1.54, 1.807) is 0 Å². The van der Waals surface area contributed by atoms with E-state index in [0.29, 0.717) is 18.1 Å². The molecule has 0 heterocycles. The zero-order valence-corrected chi connectivity index (χ0v) is 8.28. The minimum Gasteiger partial charge on any atom is -0.299 e. The van der Waals surface area contributed by atoms with Gasteiger partial charge in [-0.2, -0.15) is 0 Å². The van der Waals surface area contributed by atoms with Crippen molar-refractivity contribution in [3.8, 4) is 0 Å². The van der Waals surface area contributed by atoms with Crippen LogP contribution in [0.25, 0.3) is 0 Å². The normalized spacial score (nSPS) is 10.4. The molecule has 0 atom stereocenters. The highest BCUT2D eigenvalue weighted by Crippen LogP contribution is 2.11. The summed E-state index contributed by atoms with van der Waals surface area (Å²) in [7, 11) is 0. The van der Waals surface area contributed by atoms with Gasteiger partial charge >= 0.3 is 0 Å². The summed E-state index contributed by atoms with van der Waals surface area (Å²) in [6.07, 6.45) is 2.66. The van der Waals surface area contributed by atoms with Crippen LogP contribution >= 0.6 is 15.9 Å². The molecule has 0 radical (unpaired) electrons. The number of Topliss-reactive ketones (excluding diaryl/α,β-unsaturated/α-hetero) is 1. The molecule has 0 N–H and O–H groups in total. The number of carbonyl (C=O) groups excluding carboxylic acids is 1. The number of hydrogen-bond acceptors (Lipinski definition) is 1. The van der Waals surface area contributed by atoms with E-state index in [9.17, 15) is 4.79 Å². The van der Waals surface area contributed by atoms with Crippen molar-refractivity contribution in [3.63, 3.8) is 0 Å². The third kappa shape index (κ3) is 3.35. The zero-order chi connectivity index (χ0) is 7.98. The van der Waals surface area contributed by atoms with Crippen molar-refractivity contribution in [3.05, 3.63) is 0 Å². The number of hydrogen-bond donors (Lipinski definition) is 0. The van der Waals surface area contributed by atoms with Gasteiger partial charge in [-0.25, -0.2) is 0 Å². The molecule has 10 heavy (non-hydrogen) atoms. The molecule has 0 rings (SSSR count). The molecular formula is C8H15BrO. The van der Waals surface area contributed by atoms with Crippen LogP contribution in [0.4, 0.5) is 0 Å². The van der Waals surface area contributed by atoms with Gasteiger partial charge in [-0.3, -0.25) is 4.79 Å². The van der Waals surface area contributed by atoms with Crippen LogP contribution in [0.5, 0.6) is 0 Å². The lowest BCUT2D eigenvalue weighted by Gasteiger charge is -2.08. The molecule has 0 unspecified atom stereocenters. The van der Waals surface area contributed by atoms with Gasteiger partial charge in [0.15, 0.2) is 0 Å². The number of halogens is 1. The lowest BCUT2D eigenvalue weighted by molar-refractivity contribution is -0.122. The molecular weight excluding hydrogens is 192 g/mol. The number of alkyl halides is 1. The van der Waals surface area contributed by atoms with E-state index >= 15 is 0 Å². The second kappa shape index (κ2) is 5.90. The molecule has 0 aromatic carbocycles. The summed E-state index contributed by atoms with van der Waals surface area (Å²) < 4.78 is 0. The number of rotatable bonds is 5. The van der Waals surface area contributed by atoms with Gasteiger partial charge in [0.2, 0.25) is 0 Å². The number of ketones is 1. The van der Waals surface area contributed by atoms with Gasteiger partial charge in [0.05, 0.1) is 0 Å². The predicted octanol–water partition coefficient (Wildman–Crippen LogP) is 2.78. The fourth-order valence-corrected chi connectivity index (χ4v) is 1.43. The van der Waals surface area contributed by atoms with Crippen molar-refractivity contribution in [2.75, 3.05) is 5.33 Å². The molecule has 1 nitrogen and oxygen atoms in total. The van der Waals surface area contributed by atoms with E-state index in [0.717, 1.165) is 18.2 Å². The van der Waals surface area contributed by atoms with Gasteiger partial charge < -0.3 is 0 Å². The molecule has 0 aromatic heterocycles. The largest absolute Gasteiger partial charge is 0.299 e. The zero-order valence-electron chi connectivity index (χ0n) is 6.69. The lowest BCUT2D eigenvalue weighted by Crippen LogP contribution is -2.12. The van der Waals surface area contributed by atoms with Gasteiger partial charge in [0, 0.05) is 17.7 Å². The smallest absolute Gasteiger partial charge is 0.136 e. The Morgan fingerprint density at radius 3 is 2.20 bits per heavy atom. The first-order valence-electron chi connectivity index (χ1n) is 3.84. The Kier molecular flexibility index (Phi) is 5.99. The van der Waals surface area contributed by atoms with Crippen LogP contribution in [-0.4, -0.2) is 11.1 Å². The van der Waals surface area contributed by atoms with Gasteiger partial charge in [0.1, 0.15) is 5.78 Å². The Hall–Kier alpha value is 0.150. The minimum atomic E-state index is 0.303. The maximum Gasteiger partial charge on any atom is 0.136 e. The highest BCUT2D eigenvalue weighted by Gasteiger charge is 2.11. The topological polar surface area (TPSA) is 17.1 Å². The fraction of sp³-hybridized carbons (Fsp3) is 0.875. The van der Waals surface area contributed by atoms with E-state index in [-0.39, 0.29) is 0 Å². The number of carbonyl (C=O) groups is 1. The molecule has 2 heteroatoms. The van der Waals surface area contributed by atoms with E-state index in [2.05, 4.69) is 29.8 Å². The molecule has 60 valence electrons. The van der Waals surface area contributed by atoms with E-state index in [1.807, 2.05) is 0 Å². The predicted molar refractivity (Wildman–Crippen MR) is 47.5 cm³/mol. The Morgan fingerprint density at radius 2 is 1.90 bits per heavy atom. The quantitative estimate of drug-likeness (QED) is 0.633. The molecule has 0 spiro atoms. The maximum absolute atomic E-state index is 11.2. The van der Waals surface area contributed by atoms with Crippen LogP contribution in [0.15, 0.2) is 0 Å². The SMILES string of the molecule is CCC(CC)C(=O)CCBr. The average molecular weight is 207 g/mol. The van der Waals surface area contributed by atoms with Crippen molar-refractivity contribution >= 4 is 21.7 Å². The van der Waals surface area contributed by atoms with Gasteiger partial charge in [-0.15, -0.1) is 0 Å². The second-order valence-electron chi connectivity index (χ2n) is 2.42. The third-order valence-electron chi connectivity index (χ3n) is 1.78. The highest BCUT2D eigenvalue weighted by molar-refractivity contribution is 9.09. The molecule has 0 aliphatic carbocycles. The van der Waals surface area contributed by atoms with Crippen LogP contribution in [0.2, 0.25) is 0 Å². The van der Waals surface area contributed by atoms with Crippen molar-refractivity contribution < 1.29 is 4.79 Å². The second-order valence-corrected chi connectivity index (χ2v) is 3.21. The average Bonchev–Trinajstić information content (AvgIpc) is 1.91. The summed E-state index contributed by atoms with van der Waals surface area (Å²) in [5.74, 6) is 0.708. The van der Waals surface area contributed by atoms with Crippen molar-refractivity contribution in [2.24, 2.45) is 5.92 Å². The first-order valence-corrected chi connectivity index (χ1v) is 4.97. The first-order chi connectivity index (χ1) is 4.76. The molecule has 0 aliphatic rings. The standard InChI is InChI=1S/C8H15BrO/c1-3-7(4-2)8(10)5-6-9/h7H,3-6H2,1-2H3. The van der Waals surface area contributed by atoms with Crippen LogP contribution in [0.1, 0.15) is 33.1 Å². The van der Waals surface area contributed by atoms with E-state index < -0.39 is 0 Å². The molecule has 0 aliphatic heterocycles. The van der Waals surface area contributed by atoms with E-state index in [4.69, 9.17) is 0 Å². The van der Waals surface area contributed by atoms with Gasteiger partial charge in [-0.05, 0) is 12.8 Å². The first kappa shape index (κ1) is 10.2. The Morgan fingerprint density at radius 1 is 1.40 bits per heavy atom. The molecule has 0 fully saturated rings. The maximum atomic E-state index is 11.2. The van der Waals surface area contributed by atoms with Crippen LogP contribution < -0.4 is 0 Å². The van der Waals surface area contributed by atoms with Crippen LogP contribution in [-0.2, 0) is 4.79 Å². The summed E-state index contributed by atoms with van der Waals surface area (Å²) in [5.41, 5.74) is 0. The summed E-state index contributed by atoms with van der Waals surface area (Å²) in [4.78, 5) is 11.2.